The number of alkyl halides is 2. The minimum atomic E-state index is -3.06. The molecule has 1 N–H and O–H groups in total. The number of amides is 1. The van der Waals surface area contributed by atoms with Crippen LogP contribution in [0.4, 0.5) is 13.2 Å². The Kier molecular flexibility index (Phi) is 5.07. The fraction of sp³-hybridized carbons (Fsp3) is 0.308. The standard InChI is InChI=1S/C26H22F3N5O3/c1-26(2,36)24-30-10-12(11-31-24)14-7-17-16(8-15(14)27)32-22-19-9-18(34(17)22)21-13(23(35)33(19)3)5-4-6-20(21)37-25(28)29/h4-8,10-11,18-19,25,36H,9H2,1-3H3. The molecule has 190 valence electrons. The van der Waals surface area contributed by atoms with Crippen LogP contribution in [0.3, 0.4) is 0 Å². The lowest BCUT2D eigenvalue weighted by molar-refractivity contribution is -0.0507. The van der Waals surface area contributed by atoms with E-state index in [2.05, 4.69) is 15.0 Å². The van der Waals surface area contributed by atoms with Crippen LogP contribution in [0.5, 0.6) is 5.75 Å². The number of hydrogen-bond acceptors (Lipinski definition) is 6. The molecule has 2 aromatic heterocycles. The van der Waals surface area contributed by atoms with Gasteiger partial charge in [-0.1, -0.05) is 6.07 Å². The van der Waals surface area contributed by atoms with E-state index in [1.54, 1.807) is 33.0 Å². The number of hydrogen-bond donors (Lipinski definition) is 1. The molecule has 8 nitrogen and oxygen atoms in total. The Morgan fingerprint density at radius 1 is 1.14 bits per heavy atom. The number of rotatable bonds is 4. The van der Waals surface area contributed by atoms with Crippen molar-refractivity contribution < 1.29 is 27.8 Å². The highest BCUT2D eigenvalue weighted by atomic mass is 19.3. The first kappa shape index (κ1) is 23.4. The number of aliphatic hydroxyl groups is 1. The van der Waals surface area contributed by atoms with Gasteiger partial charge in [0, 0.05) is 54.2 Å². The highest BCUT2D eigenvalue weighted by Gasteiger charge is 2.45. The van der Waals surface area contributed by atoms with Crippen molar-refractivity contribution in [2.24, 2.45) is 0 Å². The van der Waals surface area contributed by atoms with E-state index in [4.69, 9.17) is 4.74 Å². The summed E-state index contributed by atoms with van der Waals surface area (Å²) in [5.41, 5.74) is 0.942. The van der Waals surface area contributed by atoms with Gasteiger partial charge in [0.1, 0.15) is 23.0 Å². The van der Waals surface area contributed by atoms with Gasteiger partial charge in [-0.2, -0.15) is 8.78 Å². The van der Waals surface area contributed by atoms with Crippen molar-refractivity contribution in [3.8, 4) is 16.9 Å². The number of benzene rings is 2. The van der Waals surface area contributed by atoms with Crippen molar-refractivity contribution in [1.29, 1.82) is 0 Å². The first-order valence-electron chi connectivity index (χ1n) is 11.7. The molecule has 4 heterocycles. The Hall–Kier alpha value is -3.99. The third-order valence-electron chi connectivity index (χ3n) is 7.01. The highest BCUT2D eigenvalue weighted by Crippen LogP contribution is 2.50. The minimum absolute atomic E-state index is 0.0763. The van der Waals surface area contributed by atoms with Crippen LogP contribution in [-0.4, -0.2) is 49.1 Å². The van der Waals surface area contributed by atoms with Crippen molar-refractivity contribution in [2.75, 3.05) is 7.05 Å². The van der Waals surface area contributed by atoms with Gasteiger partial charge in [0.05, 0.1) is 23.1 Å². The smallest absolute Gasteiger partial charge is 0.387 e. The zero-order valence-electron chi connectivity index (χ0n) is 20.1. The summed E-state index contributed by atoms with van der Waals surface area (Å²) in [5, 5.41) is 10.1. The lowest BCUT2D eigenvalue weighted by Crippen LogP contribution is -2.30. The van der Waals surface area contributed by atoms with E-state index in [0.717, 1.165) is 0 Å². The zero-order chi connectivity index (χ0) is 26.2. The molecule has 2 bridgehead atoms. The summed E-state index contributed by atoms with van der Waals surface area (Å²) in [4.78, 5) is 27.8. The topological polar surface area (TPSA) is 93.4 Å². The second-order valence-corrected chi connectivity index (χ2v) is 9.79. The molecule has 6 rings (SSSR count). The number of halogens is 3. The molecular formula is C26H22F3N5O3. The van der Waals surface area contributed by atoms with Crippen LogP contribution in [0, 0.1) is 5.82 Å². The summed E-state index contributed by atoms with van der Waals surface area (Å²) in [5.74, 6) is -0.204. The quantitative estimate of drug-likeness (QED) is 0.433. The summed E-state index contributed by atoms with van der Waals surface area (Å²) in [6, 6.07) is 6.49. The molecule has 2 atom stereocenters. The fourth-order valence-corrected chi connectivity index (χ4v) is 5.31. The van der Waals surface area contributed by atoms with Gasteiger partial charge in [0.2, 0.25) is 0 Å². The highest BCUT2D eigenvalue weighted by molar-refractivity contribution is 5.98. The summed E-state index contributed by atoms with van der Waals surface area (Å²) < 4.78 is 48.5. The van der Waals surface area contributed by atoms with Crippen molar-refractivity contribution in [2.45, 2.75) is 44.6 Å². The molecule has 37 heavy (non-hydrogen) atoms. The van der Waals surface area contributed by atoms with Gasteiger partial charge in [-0.15, -0.1) is 0 Å². The molecule has 0 fully saturated rings. The zero-order valence-corrected chi connectivity index (χ0v) is 20.1. The Bertz CT molecular complexity index is 1560. The molecule has 0 saturated carbocycles. The van der Waals surface area contributed by atoms with Crippen molar-refractivity contribution in [3.05, 3.63) is 71.3 Å². The van der Waals surface area contributed by atoms with Crippen LogP contribution < -0.4 is 4.74 Å². The molecule has 0 saturated heterocycles. The number of aromatic nitrogens is 4. The second-order valence-electron chi connectivity index (χ2n) is 9.79. The Morgan fingerprint density at radius 3 is 2.54 bits per heavy atom. The SMILES string of the molecule is CN1C(=O)c2cccc(OC(F)F)c2C2CC1c1nc3cc(F)c(-c4cnc(C(C)(C)O)nc4)cc3n12. The third kappa shape index (κ3) is 3.56. The molecule has 2 aliphatic rings. The van der Waals surface area contributed by atoms with Crippen molar-refractivity contribution in [3.63, 3.8) is 0 Å². The Morgan fingerprint density at radius 2 is 1.86 bits per heavy atom. The molecule has 1 amide bonds. The average Bonchev–Trinajstić information content (AvgIpc) is 3.35. The number of imidazole rings is 1. The number of ether oxygens (including phenoxy) is 1. The van der Waals surface area contributed by atoms with E-state index >= 15 is 4.39 Å². The lowest BCUT2D eigenvalue weighted by Gasteiger charge is -2.24. The normalized spacial score (nSPS) is 18.8. The summed E-state index contributed by atoms with van der Waals surface area (Å²) in [7, 11) is 1.64. The van der Waals surface area contributed by atoms with Gasteiger partial charge in [0.25, 0.3) is 5.91 Å². The van der Waals surface area contributed by atoms with Crippen molar-refractivity contribution in [1.82, 2.24) is 24.4 Å². The van der Waals surface area contributed by atoms with Crippen molar-refractivity contribution >= 4 is 16.9 Å². The van der Waals surface area contributed by atoms with E-state index in [-0.39, 0.29) is 28.6 Å². The maximum atomic E-state index is 15.2. The molecule has 2 aliphatic heterocycles. The number of fused-ring (bicyclic) bond motifs is 9. The maximum absolute atomic E-state index is 15.2. The third-order valence-corrected chi connectivity index (χ3v) is 7.01. The summed E-state index contributed by atoms with van der Waals surface area (Å²) in [6.07, 6.45) is 3.28. The van der Waals surface area contributed by atoms with Gasteiger partial charge >= 0.3 is 6.61 Å². The molecule has 11 heteroatoms. The molecule has 0 radical (unpaired) electrons. The van der Waals surface area contributed by atoms with Crippen LogP contribution in [0.15, 0.2) is 42.7 Å². The van der Waals surface area contributed by atoms with Gasteiger partial charge in [-0.25, -0.2) is 19.3 Å². The predicted molar refractivity (Wildman–Crippen MR) is 127 cm³/mol. The molecular weight excluding hydrogens is 487 g/mol. The van der Waals surface area contributed by atoms with Gasteiger partial charge in [-0.3, -0.25) is 4.79 Å². The summed E-state index contributed by atoms with van der Waals surface area (Å²) in [6.45, 7) is 0.0405. The van der Waals surface area contributed by atoms with E-state index < -0.39 is 30.1 Å². The first-order valence-corrected chi connectivity index (χ1v) is 11.7. The average molecular weight is 509 g/mol. The maximum Gasteiger partial charge on any atom is 0.387 e. The van der Waals surface area contributed by atoms with Gasteiger partial charge in [-0.05, 0) is 32.0 Å². The molecule has 0 spiro atoms. The largest absolute Gasteiger partial charge is 0.434 e. The number of carbonyl (C=O) groups excluding carboxylic acids is 1. The number of carbonyl (C=O) groups is 1. The van der Waals surface area contributed by atoms with Gasteiger partial charge in [0.15, 0.2) is 5.82 Å². The Labute approximate surface area is 209 Å². The fourth-order valence-electron chi connectivity index (χ4n) is 5.31. The Balaban J connectivity index is 1.55. The van der Waals surface area contributed by atoms with E-state index in [0.29, 0.717) is 34.4 Å². The van der Waals surface area contributed by atoms with Crippen LogP contribution in [-0.2, 0) is 5.60 Å². The van der Waals surface area contributed by atoms with Crippen LogP contribution >= 0.6 is 0 Å². The van der Waals surface area contributed by atoms with Crippen LogP contribution in [0.1, 0.15) is 59.9 Å². The van der Waals surface area contributed by atoms with E-state index in [1.807, 2.05) is 4.57 Å². The molecule has 0 aliphatic carbocycles. The number of nitrogens with zero attached hydrogens (tertiary/aromatic N) is 5. The van der Waals surface area contributed by atoms with E-state index in [1.165, 1.54) is 35.5 Å². The van der Waals surface area contributed by atoms with Crippen LogP contribution in [0.25, 0.3) is 22.2 Å². The summed E-state index contributed by atoms with van der Waals surface area (Å²) >= 11 is 0. The molecule has 2 unspecified atom stereocenters. The van der Waals surface area contributed by atoms with Crippen LogP contribution in [0.2, 0.25) is 0 Å². The second kappa shape index (κ2) is 8.01. The minimum Gasteiger partial charge on any atom is -0.434 e. The van der Waals surface area contributed by atoms with E-state index in [9.17, 15) is 18.7 Å². The molecule has 4 aromatic rings. The predicted octanol–water partition coefficient (Wildman–Crippen LogP) is 4.58. The lowest BCUT2D eigenvalue weighted by atomic mass is 9.97. The van der Waals surface area contributed by atoms with Gasteiger partial charge < -0.3 is 19.3 Å². The monoisotopic (exact) mass is 509 g/mol. The first-order chi connectivity index (χ1) is 17.5. The molecule has 2 aromatic carbocycles.